The lowest BCUT2D eigenvalue weighted by molar-refractivity contribution is 0.698. The number of benzene rings is 1. The van der Waals surface area contributed by atoms with Crippen molar-refractivity contribution in [3.05, 3.63) is 72.9 Å². The summed E-state index contributed by atoms with van der Waals surface area (Å²) < 4.78 is 0. The predicted molar refractivity (Wildman–Crippen MR) is 104 cm³/mol. The van der Waals surface area contributed by atoms with Crippen LogP contribution >= 0.6 is 0 Å². The van der Waals surface area contributed by atoms with Crippen LogP contribution in [-0.2, 0) is 0 Å². The molecule has 0 heteroatoms. The zero-order valence-electron chi connectivity index (χ0n) is 12.0. The Bertz CT molecular complexity index is 357. The molecule has 0 heterocycles. The van der Waals surface area contributed by atoms with E-state index in [1.807, 2.05) is 26.0 Å². The summed E-state index contributed by atoms with van der Waals surface area (Å²) in [5.41, 5.74) is 2.61. The molecule has 1 aromatic rings. The largest absolute Gasteiger partial charge is 0.0991 e. The molecule has 0 saturated heterocycles. The SMILES string of the molecule is C.C.C.C=C/C=C(\C=C)C(CCC)c1ccccc1.CC. The van der Waals surface area contributed by atoms with Gasteiger partial charge in [0.05, 0.1) is 0 Å². The quantitative estimate of drug-likeness (QED) is 0.469. The van der Waals surface area contributed by atoms with Crippen LogP contribution < -0.4 is 0 Å². The molecule has 122 valence electrons. The van der Waals surface area contributed by atoms with Crippen molar-refractivity contribution in [3.8, 4) is 0 Å². The highest BCUT2D eigenvalue weighted by molar-refractivity contribution is 5.35. The van der Waals surface area contributed by atoms with Crippen LogP contribution in [-0.4, -0.2) is 0 Å². The Morgan fingerprint density at radius 1 is 1.05 bits per heavy atom. The van der Waals surface area contributed by atoms with Crippen molar-refractivity contribution in [2.45, 2.75) is 61.8 Å². The van der Waals surface area contributed by atoms with E-state index < -0.39 is 0 Å². The maximum absolute atomic E-state index is 3.89. The standard InChI is InChI=1S/C16H20.C2H6.3CH4/c1-4-10-14(6-3)16(11-5-2)15-12-8-7-9-13-15;1-2;;;/h4,6-10,12-13,16H,1,3,5,11H2,2H3;1-2H3;3*1H4/b14-10+;;;;. The Morgan fingerprint density at radius 3 is 1.95 bits per heavy atom. The Hall–Kier alpha value is -1.56. The second-order valence-corrected chi connectivity index (χ2v) is 3.86. The van der Waals surface area contributed by atoms with Crippen LogP contribution in [0.3, 0.4) is 0 Å². The van der Waals surface area contributed by atoms with Crippen LogP contribution in [0.5, 0.6) is 0 Å². The minimum absolute atomic E-state index is 0. The zero-order valence-corrected chi connectivity index (χ0v) is 12.0. The van der Waals surface area contributed by atoms with Crippen molar-refractivity contribution in [2.24, 2.45) is 0 Å². The molecular weight excluding hydrogens is 252 g/mol. The van der Waals surface area contributed by atoms with Gasteiger partial charge >= 0.3 is 0 Å². The molecule has 0 aromatic heterocycles. The highest BCUT2D eigenvalue weighted by atomic mass is 14.2. The molecule has 0 amide bonds. The van der Waals surface area contributed by atoms with Crippen molar-refractivity contribution in [3.63, 3.8) is 0 Å². The van der Waals surface area contributed by atoms with Gasteiger partial charge in [0.15, 0.2) is 0 Å². The van der Waals surface area contributed by atoms with E-state index in [0.29, 0.717) is 5.92 Å². The van der Waals surface area contributed by atoms with Gasteiger partial charge in [-0.05, 0) is 17.6 Å². The number of hydrogen-bond acceptors (Lipinski definition) is 0. The Morgan fingerprint density at radius 2 is 1.57 bits per heavy atom. The average Bonchev–Trinajstić information content (AvgIpc) is 2.46. The molecule has 1 aromatic carbocycles. The van der Waals surface area contributed by atoms with Crippen LogP contribution in [0.4, 0.5) is 0 Å². The lowest BCUT2D eigenvalue weighted by Crippen LogP contribution is -2.00. The molecule has 0 aliphatic rings. The molecule has 0 spiro atoms. The van der Waals surface area contributed by atoms with Crippen molar-refractivity contribution >= 4 is 0 Å². The fraction of sp³-hybridized carbons (Fsp3) is 0.429. The van der Waals surface area contributed by atoms with Crippen LogP contribution in [0.2, 0.25) is 0 Å². The molecule has 0 N–H and O–H groups in total. The first kappa shape index (κ1) is 27.7. The Balaban J connectivity index is -0.000000276. The molecule has 0 saturated carbocycles. The van der Waals surface area contributed by atoms with E-state index in [1.54, 1.807) is 0 Å². The van der Waals surface area contributed by atoms with Crippen molar-refractivity contribution in [1.29, 1.82) is 0 Å². The Labute approximate surface area is 135 Å². The average molecular weight is 291 g/mol. The summed E-state index contributed by atoms with van der Waals surface area (Å²) in [6, 6.07) is 10.6. The van der Waals surface area contributed by atoms with Gasteiger partial charge in [0.25, 0.3) is 0 Å². The lowest BCUT2D eigenvalue weighted by Gasteiger charge is -2.17. The number of allylic oxidation sites excluding steroid dienone is 4. The molecule has 1 atom stereocenters. The van der Waals surface area contributed by atoms with Crippen LogP contribution in [0, 0.1) is 0 Å². The second kappa shape index (κ2) is 18.4. The summed E-state index contributed by atoms with van der Waals surface area (Å²) in [6.45, 7) is 13.9. The van der Waals surface area contributed by atoms with E-state index in [9.17, 15) is 0 Å². The first-order valence-corrected chi connectivity index (χ1v) is 6.83. The molecule has 0 aliphatic carbocycles. The van der Waals surface area contributed by atoms with Crippen molar-refractivity contribution in [2.75, 3.05) is 0 Å². The fourth-order valence-corrected chi connectivity index (χ4v) is 1.96. The van der Waals surface area contributed by atoms with Crippen LogP contribution in [0.1, 0.15) is 67.4 Å². The molecule has 0 bridgehead atoms. The smallest absolute Gasteiger partial charge is 0.00890 e. The van der Waals surface area contributed by atoms with Gasteiger partial charge < -0.3 is 0 Å². The summed E-state index contributed by atoms with van der Waals surface area (Å²) in [6.07, 6.45) is 8.15. The molecule has 0 fully saturated rings. The molecule has 0 nitrogen and oxygen atoms in total. The minimum atomic E-state index is 0. The third-order valence-corrected chi connectivity index (χ3v) is 2.73. The third-order valence-electron chi connectivity index (χ3n) is 2.73. The topological polar surface area (TPSA) is 0 Å². The molecule has 1 unspecified atom stereocenters. The maximum Gasteiger partial charge on any atom is 0.00890 e. The summed E-state index contributed by atoms with van der Waals surface area (Å²) in [4.78, 5) is 0. The highest BCUT2D eigenvalue weighted by Crippen LogP contribution is 2.29. The third kappa shape index (κ3) is 9.90. The summed E-state index contributed by atoms with van der Waals surface area (Å²) in [7, 11) is 0. The molecule has 0 radical (unpaired) electrons. The lowest BCUT2D eigenvalue weighted by atomic mass is 9.87. The normalized spacial score (nSPS) is 10.3. The number of rotatable bonds is 6. The summed E-state index contributed by atoms with van der Waals surface area (Å²) >= 11 is 0. The van der Waals surface area contributed by atoms with Crippen LogP contribution in [0.15, 0.2) is 67.3 Å². The van der Waals surface area contributed by atoms with Crippen LogP contribution in [0.25, 0.3) is 0 Å². The van der Waals surface area contributed by atoms with E-state index in [-0.39, 0.29) is 22.3 Å². The predicted octanol–water partition coefficient (Wildman–Crippen LogP) is 7.80. The van der Waals surface area contributed by atoms with Gasteiger partial charge in [-0.1, -0.05) is 111 Å². The van der Waals surface area contributed by atoms with Gasteiger partial charge in [-0.25, -0.2) is 0 Å². The fourth-order valence-electron chi connectivity index (χ4n) is 1.96. The van der Waals surface area contributed by atoms with E-state index in [1.165, 1.54) is 17.6 Å². The van der Waals surface area contributed by atoms with Gasteiger partial charge in [0.2, 0.25) is 0 Å². The monoisotopic (exact) mass is 290 g/mol. The first-order chi connectivity index (χ1) is 8.83. The van der Waals surface area contributed by atoms with E-state index in [0.717, 1.165) is 6.42 Å². The summed E-state index contributed by atoms with van der Waals surface area (Å²) in [5.74, 6) is 0.446. The minimum Gasteiger partial charge on any atom is -0.0991 e. The van der Waals surface area contributed by atoms with Gasteiger partial charge in [-0.3, -0.25) is 0 Å². The number of hydrogen-bond donors (Lipinski definition) is 0. The van der Waals surface area contributed by atoms with Crippen molar-refractivity contribution in [1.82, 2.24) is 0 Å². The van der Waals surface area contributed by atoms with Gasteiger partial charge in [-0.2, -0.15) is 0 Å². The Kier molecular flexibility index (Phi) is 24.3. The van der Waals surface area contributed by atoms with Crippen molar-refractivity contribution < 1.29 is 0 Å². The molecular formula is C21H38. The van der Waals surface area contributed by atoms with E-state index in [2.05, 4.69) is 56.5 Å². The summed E-state index contributed by atoms with van der Waals surface area (Å²) in [5, 5.41) is 0. The zero-order chi connectivity index (χ0) is 13.8. The molecule has 0 aliphatic heterocycles. The highest BCUT2D eigenvalue weighted by Gasteiger charge is 2.12. The molecule has 21 heavy (non-hydrogen) atoms. The van der Waals surface area contributed by atoms with Gasteiger partial charge in [0.1, 0.15) is 0 Å². The van der Waals surface area contributed by atoms with E-state index >= 15 is 0 Å². The van der Waals surface area contributed by atoms with Gasteiger partial charge in [-0.15, -0.1) is 0 Å². The second-order valence-electron chi connectivity index (χ2n) is 3.86. The first-order valence-electron chi connectivity index (χ1n) is 6.83. The van der Waals surface area contributed by atoms with E-state index in [4.69, 9.17) is 0 Å². The van der Waals surface area contributed by atoms with Gasteiger partial charge in [0, 0.05) is 5.92 Å². The molecule has 1 rings (SSSR count). The maximum atomic E-state index is 3.89.